The van der Waals surface area contributed by atoms with E-state index in [9.17, 15) is 0 Å². The molecule has 1 aromatic rings. The van der Waals surface area contributed by atoms with Crippen LogP contribution in [-0.4, -0.2) is 29.7 Å². The minimum Gasteiger partial charge on any atom is -0.468 e. The van der Waals surface area contributed by atoms with Gasteiger partial charge in [0, 0.05) is 6.61 Å². The van der Waals surface area contributed by atoms with Gasteiger partial charge in [-0.1, -0.05) is 0 Å². The highest BCUT2D eigenvalue weighted by Gasteiger charge is 2.27. The highest BCUT2D eigenvalue weighted by Crippen LogP contribution is 2.31. The highest BCUT2D eigenvalue weighted by molar-refractivity contribution is 5.06. The Bertz CT molecular complexity index is 271. The zero-order chi connectivity index (χ0) is 10.5. The highest BCUT2D eigenvalue weighted by atomic mass is 16.3. The average Bonchev–Trinajstić information content (AvgIpc) is 2.87. The number of furan rings is 1. The molecule has 0 spiro atoms. The second-order valence-electron chi connectivity index (χ2n) is 4.14. The smallest absolute Gasteiger partial charge is 0.120 e. The summed E-state index contributed by atoms with van der Waals surface area (Å²) in [5.74, 6) is 1.09. The molecular formula is C12H19NO2. The van der Waals surface area contributed by atoms with Crippen molar-refractivity contribution in [2.45, 2.75) is 31.7 Å². The number of nitrogens with zero attached hydrogens (tertiary/aromatic N) is 1. The van der Waals surface area contributed by atoms with Crippen molar-refractivity contribution in [1.82, 2.24) is 4.90 Å². The largest absolute Gasteiger partial charge is 0.468 e. The van der Waals surface area contributed by atoms with Gasteiger partial charge in [0.15, 0.2) is 0 Å². The fraction of sp³-hybridized carbons (Fsp3) is 0.667. The van der Waals surface area contributed by atoms with Crippen LogP contribution in [0.15, 0.2) is 22.8 Å². The van der Waals surface area contributed by atoms with Crippen LogP contribution in [0.1, 0.15) is 37.5 Å². The summed E-state index contributed by atoms with van der Waals surface area (Å²) in [6, 6.07) is 4.49. The van der Waals surface area contributed by atoms with Crippen molar-refractivity contribution in [3.05, 3.63) is 24.2 Å². The summed E-state index contributed by atoms with van der Waals surface area (Å²) in [6.07, 6.45) is 6.19. The fourth-order valence-corrected chi connectivity index (χ4v) is 2.32. The van der Waals surface area contributed by atoms with Gasteiger partial charge >= 0.3 is 0 Å². The van der Waals surface area contributed by atoms with E-state index in [4.69, 9.17) is 9.52 Å². The lowest BCUT2D eigenvalue weighted by molar-refractivity contribution is 0.212. The van der Waals surface area contributed by atoms with Gasteiger partial charge in [0.05, 0.1) is 12.3 Å². The van der Waals surface area contributed by atoms with E-state index in [0.717, 1.165) is 31.7 Å². The zero-order valence-electron chi connectivity index (χ0n) is 9.06. The molecule has 0 saturated carbocycles. The number of aliphatic hydroxyl groups excluding tert-OH is 1. The maximum Gasteiger partial charge on any atom is 0.120 e. The second-order valence-corrected chi connectivity index (χ2v) is 4.14. The summed E-state index contributed by atoms with van der Waals surface area (Å²) in [5, 5.41) is 8.75. The molecule has 0 amide bonds. The summed E-state index contributed by atoms with van der Waals surface area (Å²) in [6.45, 7) is 2.54. The van der Waals surface area contributed by atoms with Gasteiger partial charge in [-0.2, -0.15) is 0 Å². The van der Waals surface area contributed by atoms with E-state index in [2.05, 4.69) is 11.0 Å². The van der Waals surface area contributed by atoms with Crippen LogP contribution in [0, 0.1) is 0 Å². The third-order valence-corrected chi connectivity index (χ3v) is 3.09. The maximum absolute atomic E-state index is 8.75. The van der Waals surface area contributed by atoms with Crippen molar-refractivity contribution in [2.75, 3.05) is 19.7 Å². The molecule has 1 aliphatic heterocycles. The standard InChI is InChI=1S/C12H19NO2/c14-9-2-1-7-13-8-3-5-11(13)12-6-4-10-15-12/h4,6,10-11,14H,1-3,5,7-9H2. The lowest BCUT2D eigenvalue weighted by Gasteiger charge is -2.22. The normalized spacial score (nSPS) is 22.3. The first-order chi connectivity index (χ1) is 7.42. The minimum absolute atomic E-state index is 0.305. The van der Waals surface area contributed by atoms with Crippen LogP contribution < -0.4 is 0 Å². The Hall–Kier alpha value is -0.800. The van der Waals surface area contributed by atoms with Crippen LogP contribution in [-0.2, 0) is 0 Å². The summed E-state index contributed by atoms with van der Waals surface area (Å²) in [7, 11) is 0. The third-order valence-electron chi connectivity index (χ3n) is 3.09. The molecule has 1 N–H and O–H groups in total. The monoisotopic (exact) mass is 209 g/mol. The van der Waals surface area contributed by atoms with Gasteiger partial charge in [-0.25, -0.2) is 0 Å². The Morgan fingerprint density at radius 2 is 2.40 bits per heavy atom. The lowest BCUT2D eigenvalue weighted by Crippen LogP contribution is -2.24. The van der Waals surface area contributed by atoms with E-state index in [1.54, 1.807) is 6.26 Å². The van der Waals surface area contributed by atoms with Crippen LogP contribution in [0.2, 0.25) is 0 Å². The molecule has 1 aliphatic rings. The number of rotatable bonds is 5. The lowest BCUT2D eigenvalue weighted by atomic mass is 10.1. The molecule has 0 aliphatic carbocycles. The Balaban J connectivity index is 1.88. The molecule has 2 heterocycles. The Morgan fingerprint density at radius 3 is 3.13 bits per heavy atom. The van der Waals surface area contributed by atoms with Gasteiger partial charge in [0.1, 0.15) is 5.76 Å². The Morgan fingerprint density at radius 1 is 1.47 bits per heavy atom. The molecule has 1 unspecified atom stereocenters. The molecule has 0 bridgehead atoms. The van der Waals surface area contributed by atoms with Crippen molar-refractivity contribution in [2.24, 2.45) is 0 Å². The number of unbranched alkanes of at least 4 members (excludes halogenated alkanes) is 1. The predicted octanol–water partition coefficient (Wildman–Crippen LogP) is 2.19. The van der Waals surface area contributed by atoms with Crippen LogP contribution in [0.4, 0.5) is 0 Å². The summed E-state index contributed by atoms with van der Waals surface area (Å²) >= 11 is 0. The van der Waals surface area contributed by atoms with E-state index < -0.39 is 0 Å². The van der Waals surface area contributed by atoms with Crippen LogP contribution in [0.25, 0.3) is 0 Å². The van der Waals surface area contributed by atoms with Crippen LogP contribution in [0.5, 0.6) is 0 Å². The Kier molecular flexibility index (Phi) is 3.80. The van der Waals surface area contributed by atoms with E-state index in [-0.39, 0.29) is 0 Å². The molecule has 3 heteroatoms. The molecule has 3 nitrogen and oxygen atoms in total. The maximum atomic E-state index is 8.75. The van der Waals surface area contributed by atoms with Crippen molar-refractivity contribution >= 4 is 0 Å². The van der Waals surface area contributed by atoms with Gasteiger partial charge in [-0.3, -0.25) is 4.90 Å². The van der Waals surface area contributed by atoms with Gasteiger partial charge in [0.2, 0.25) is 0 Å². The molecule has 1 atom stereocenters. The van der Waals surface area contributed by atoms with Crippen molar-refractivity contribution in [3.63, 3.8) is 0 Å². The zero-order valence-corrected chi connectivity index (χ0v) is 9.06. The van der Waals surface area contributed by atoms with Crippen molar-refractivity contribution in [1.29, 1.82) is 0 Å². The van der Waals surface area contributed by atoms with E-state index >= 15 is 0 Å². The molecule has 1 fully saturated rings. The van der Waals surface area contributed by atoms with Gasteiger partial charge < -0.3 is 9.52 Å². The first-order valence-corrected chi connectivity index (χ1v) is 5.80. The van der Waals surface area contributed by atoms with Gasteiger partial charge in [-0.05, 0) is 50.9 Å². The first-order valence-electron chi connectivity index (χ1n) is 5.80. The molecule has 2 rings (SSSR count). The second kappa shape index (κ2) is 5.33. The first kappa shape index (κ1) is 10.7. The van der Waals surface area contributed by atoms with E-state index in [1.807, 2.05) is 6.07 Å². The quantitative estimate of drug-likeness (QED) is 0.755. The van der Waals surface area contributed by atoms with Gasteiger partial charge in [0.25, 0.3) is 0 Å². The minimum atomic E-state index is 0.305. The number of aliphatic hydroxyl groups is 1. The molecule has 1 aromatic heterocycles. The number of likely N-dealkylation sites (tertiary alicyclic amines) is 1. The fourth-order valence-electron chi connectivity index (χ4n) is 2.32. The Labute approximate surface area is 90.7 Å². The summed E-state index contributed by atoms with van der Waals surface area (Å²) in [4.78, 5) is 2.47. The number of hydrogen-bond acceptors (Lipinski definition) is 3. The molecule has 15 heavy (non-hydrogen) atoms. The molecular weight excluding hydrogens is 190 g/mol. The van der Waals surface area contributed by atoms with Gasteiger partial charge in [-0.15, -0.1) is 0 Å². The SMILES string of the molecule is OCCCCN1CCCC1c1ccco1. The predicted molar refractivity (Wildman–Crippen MR) is 58.6 cm³/mol. The molecule has 0 radical (unpaired) electrons. The van der Waals surface area contributed by atoms with Crippen LogP contribution in [0.3, 0.4) is 0 Å². The topological polar surface area (TPSA) is 36.6 Å². The van der Waals surface area contributed by atoms with E-state index in [0.29, 0.717) is 12.6 Å². The summed E-state index contributed by atoms with van der Waals surface area (Å²) < 4.78 is 5.46. The molecule has 84 valence electrons. The third kappa shape index (κ3) is 2.61. The van der Waals surface area contributed by atoms with Crippen LogP contribution >= 0.6 is 0 Å². The van der Waals surface area contributed by atoms with E-state index in [1.165, 1.54) is 12.8 Å². The molecule has 1 saturated heterocycles. The summed E-state index contributed by atoms with van der Waals surface area (Å²) in [5.41, 5.74) is 0. The number of hydrogen-bond donors (Lipinski definition) is 1. The van der Waals surface area contributed by atoms with Crippen molar-refractivity contribution in [3.8, 4) is 0 Å². The molecule has 0 aromatic carbocycles. The average molecular weight is 209 g/mol. The van der Waals surface area contributed by atoms with Crippen molar-refractivity contribution < 1.29 is 9.52 Å².